The van der Waals surface area contributed by atoms with Gasteiger partial charge in [0.2, 0.25) is 0 Å². The van der Waals surface area contributed by atoms with Crippen molar-refractivity contribution in [1.82, 2.24) is 9.80 Å². The van der Waals surface area contributed by atoms with Crippen LogP contribution in [0.25, 0.3) is 0 Å². The first-order valence-corrected chi connectivity index (χ1v) is 7.99. The summed E-state index contributed by atoms with van der Waals surface area (Å²) in [6.07, 6.45) is 0.606. The molecule has 1 aliphatic rings. The van der Waals surface area contributed by atoms with Crippen molar-refractivity contribution in [2.45, 2.75) is 39.3 Å². The number of benzene rings is 1. The highest BCUT2D eigenvalue weighted by Crippen LogP contribution is 2.16. The van der Waals surface area contributed by atoms with E-state index in [9.17, 15) is 9.18 Å². The van der Waals surface area contributed by atoms with Crippen molar-refractivity contribution >= 4 is 11.8 Å². The van der Waals surface area contributed by atoms with E-state index >= 15 is 0 Å². The number of nitrogens with two attached hydrogens (primary N) is 1. The molecule has 2 N–H and O–H groups in total. The first-order valence-electron chi connectivity index (χ1n) is 7.99. The van der Waals surface area contributed by atoms with Crippen LogP contribution in [0.2, 0.25) is 0 Å². The van der Waals surface area contributed by atoms with Crippen LogP contribution in [-0.4, -0.2) is 47.7 Å². The predicted molar refractivity (Wildman–Crippen MR) is 88.5 cm³/mol. The molecule has 1 heterocycles. The molecule has 0 aliphatic carbocycles. The maximum Gasteiger partial charge on any atom is 0.410 e. The Hall–Kier alpha value is -1.82. The largest absolute Gasteiger partial charge is 0.444 e. The maximum absolute atomic E-state index is 13.5. The number of rotatable bonds is 2. The molecule has 1 amide bonds. The summed E-state index contributed by atoms with van der Waals surface area (Å²) >= 11 is 0. The Morgan fingerprint density at radius 3 is 2.65 bits per heavy atom. The lowest BCUT2D eigenvalue weighted by atomic mass is 10.2. The highest BCUT2D eigenvalue weighted by molar-refractivity contribution is 5.68. The monoisotopic (exact) mass is 323 g/mol. The minimum Gasteiger partial charge on any atom is -0.444 e. The molecule has 128 valence electrons. The molecule has 1 aliphatic heterocycles. The van der Waals surface area contributed by atoms with E-state index in [4.69, 9.17) is 10.5 Å². The van der Waals surface area contributed by atoms with Crippen LogP contribution in [0.15, 0.2) is 18.2 Å². The van der Waals surface area contributed by atoms with Gasteiger partial charge in [0.25, 0.3) is 0 Å². The van der Waals surface area contributed by atoms with Gasteiger partial charge in [-0.05, 0) is 44.9 Å². The van der Waals surface area contributed by atoms with Crippen molar-refractivity contribution in [2.75, 3.05) is 31.9 Å². The number of nitrogens with zero attached hydrogens (tertiary/aromatic N) is 2. The summed E-state index contributed by atoms with van der Waals surface area (Å²) in [4.78, 5) is 16.1. The van der Waals surface area contributed by atoms with Crippen LogP contribution in [0.5, 0.6) is 0 Å². The lowest BCUT2D eigenvalue weighted by Gasteiger charge is -2.26. The van der Waals surface area contributed by atoms with E-state index in [0.29, 0.717) is 19.6 Å². The first-order chi connectivity index (χ1) is 10.7. The summed E-state index contributed by atoms with van der Waals surface area (Å²) in [7, 11) is 0. The minimum absolute atomic E-state index is 0.167. The van der Waals surface area contributed by atoms with Crippen LogP contribution < -0.4 is 5.73 Å². The van der Waals surface area contributed by atoms with E-state index in [2.05, 4.69) is 4.90 Å². The number of carbonyl (C=O) groups is 1. The maximum atomic E-state index is 13.5. The Labute approximate surface area is 137 Å². The second-order valence-corrected chi connectivity index (χ2v) is 6.95. The molecule has 1 saturated heterocycles. The topological polar surface area (TPSA) is 58.8 Å². The van der Waals surface area contributed by atoms with E-state index in [1.54, 1.807) is 11.0 Å². The highest BCUT2D eigenvalue weighted by atomic mass is 19.1. The van der Waals surface area contributed by atoms with Gasteiger partial charge in [-0.2, -0.15) is 0 Å². The molecule has 2 rings (SSSR count). The van der Waals surface area contributed by atoms with Gasteiger partial charge in [-0.15, -0.1) is 0 Å². The zero-order valence-electron chi connectivity index (χ0n) is 14.1. The molecule has 23 heavy (non-hydrogen) atoms. The predicted octanol–water partition coefficient (Wildman–Crippen LogP) is 2.85. The number of ether oxygens (including phenoxy) is 1. The molecule has 0 unspecified atom stereocenters. The molecule has 0 bridgehead atoms. The molecule has 1 fully saturated rings. The number of halogens is 1. The number of hydrogen-bond acceptors (Lipinski definition) is 4. The van der Waals surface area contributed by atoms with Crippen LogP contribution in [0.4, 0.5) is 14.9 Å². The fourth-order valence-electron chi connectivity index (χ4n) is 2.57. The lowest BCUT2D eigenvalue weighted by molar-refractivity contribution is 0.0257. The zero-order chi connectivity index (χ0) is 17.0. The van der Waals surface area contributed by atoms with Gasteiger partial charge < -0.3 is 15.4 Å². The lowest BCUT2D eigenvalue weighted by Crippen LogP contribution is -2.39. The summed E-state index contributed by atoms with van der Waals surface area (Å²) in [6.45, 7) is 9.16. The summed E-state index contributed by atoms with van der Waals surface area (Å²) in [5.74, 6) is -0.382. The van der Waals surface area contributed by atoms with Crippen LogP contribution in [-0.2, 0) is 11.3 Å². The number of carbonyl (C=O) groups excluding carboxylic acids is 1. The normalized spacial score (nSPS) is 17.0. The number of nitrogen functional groups attached to an aromatic ring is 1. The molecule has 5 nitrogen and oxygen atoms in total. The Kier molecular flexibility index (Phi) is 5.46. The van der Waals surface area contributed by atoms with Crippen molar-refractivity contribution in [3.63, 3.8) is 0 Å². The Morgan fingerprint density at radius 1 is 1.26 bits per heavy atom. The van der Waals surface area contributed by atoms with Crippen molar-refractivity contribution in [3.8, 4) is 0 Å². The van der Waals surface area contributed by atoms with E-state index in [-0.39, 0.29) is 17.6 Å². The van der Waals surface area contributed by atoms with Crippen LogP contribution >= 0.6 is 0 Å². The molecular formula is C17H26FN3O2. The fraction of sp³-hybridized carbons (Fsp3) is 0.588. The Bertz CT molecular complexity index is 557. The average molecular weight is 323 g/mol. The molecular weight excluding hydrogens is 297 g/mol. The van der Waals surface area contributed by atoms with Crippen LogP contribution in [0.1, 0.15) is 32.8 Å². The summed E-state index contributed by atoms with van der Waals surface area (Å²) in [5, 5.41) is 0. The van der Waals surface area contributed by atoms with Crippen molar-refractivity contribution in [1.29, 1.82) is 0 Å². The summed E-state index contributed by atoms with van der Waals surface area (Å²) in [6, 6.07) is 4.91. The van der Waals surface area contributed by atoms with Crippen LogP contribution in [0, 0.1) is 5.82 Å². The first kappa shape index (κ1) is 17.5. The highest BCUT2D eigenvalue weighted by Gasteiger charge is 2.24. The molecule has 0 aromatic heterocycles. The van der Waals surface area contributed by atoms with Gasteiger partial charge in [0, 0.05) is 32.7 Å². The summed E-state index contributed by atoms with van der Waals surface area (Å²) in [5.41, 5.74) is 6.08. The van der Waals surface area contributed by atoms with E-state index in [1.165, 1.54) is 6.07 Å². The van der Waals surface area contributed by atoms with Gasteiger partial charge >= 0.3 is 6.09 Å². The molecule has 0 saturated carbocycles. The van der Waals surface area contributed by atoms with Crippen molar-refractivity contribution in [3.05, 3.63) is 29.6 Å². The van der Waals surface area contributed by atoms with E-state index in [0.717, 1.165) is 25.1 Å². The number of amides is 1. The minimum atomic E-state index is -0.482. The average Bonchev–Trinajstić information content (AvgIpc) is 2.67. The quantitative estimate of drug-likeness (QED) is 0.850. The molecule has 0 radical (unpaired) electrons. The van der Waals surface area contributed by atoms with Crippen molar-refractivity contribution < 1.29 is 13.9 Å². The van der Waals surface area contributed by atoms with Crippen molar-refractivity contribution in [2.24, 2.45) is 0 Å². The van der Waals surface area contributed by atoms with Crippen LogP contribution in [0.3, 0.4) is 0 Å². The van der Waals surface area contributed by atoms with Gasteiger partial charge in [-0.25, -0.2) is 9.18 Å². The summed E-state index contributed by atoms with van der Waals surface area (Å²) < 4.78 is 18.9. The molecule has 0 spiro atoms. The third-order valence-corrected chi connectivity index (χ3v) is 3.71. The second kappa shape index (κ2) is 7.17. The number of hydrogen-bond donors (Lipinski definition) is 1. The Morgan fingerprint density at radius 2 is 2.00 bits per heavy atom. The molecule has 1 aromatic rings. The van der Waals surface area contributed by atoms with E-state index < -0.39 is 5.60 Å². The Balaban J connectivity index is 1.90. The zero-order valence-corrected chi connectivity index (χ0v) is 14.1. The second-order valence-electron chi connectivity index (χ2n) is 6.95. The third-order valence-electron chi connectivity index (χ3n) is 3.71. The SMILES string of the molecule is CC(C)(C)OC(=O)N1CCCN(Cc2ccc(N)c(F)c2)CC1. The van der Waals surface area contributed by atoms with Gasteiger partial charge in [0.15, 0.2) is 0 Å². The smallest absolute Gasteiger partial charge is 0.410 e. The van der Waals surface area contributed by atoms with Gasteiger partial charge in [0.05, 0.1) is 5.69 Å². The van der Waals surface area contributed by atoms with Gasteiger partial charge in [-0.1, -0.05) is 6.07 Å². The van der Waals surface area contributed by atoms with E-state index in [1.807, 2.05) is 26.8 Å². The molecule has 0 atom stereocenters. The standard InChI is InChI=1S/C17H26FN3O2/c1-17(2,3)23-16(22)21-8-4-7-20(9-10-21)12-13-5-6-15(19)14(18)11-13/h5-6,11H,4,7-10,12,19H2,1-3H3. The molecule has 6 heteroatoms. The molecule has 1 aromatic carbocycles. The third kappa shape index (κ3) is 5.39. The van der Waals surface area contributed by atoms with Gasteiger partial charge in [0.1, 0.15) is 11.4 Å². The number of anilines is 1. The fourth-order valence-corrected chi connectivity index (χ4v) is 2.57. The van der Waals surface area contributed by atoms with Gasteiger partial charge in [-0.3, -0.25) is 4.90 Å².